The summed E-state index contributed by atoms with van der Waals surface area (Å²) in [5.41, 5.74) is 3.48. The van der Waals surface area contributed by atoms with E-state index in [-0.39, 0.29) is 18.5 Å². The molecule has 3 amide bonds. The lowest BCUT2D eigenvalue weighted by Gasteiger charge is -2.21. The van der Waals surface area contributed by atoms with Gasteiger partial charge in [0.05, 0.1) is 6.54 Å². The van der Waals surface area contributed by atoms with Crippen molar-refractivity contribution in [1.29, 1.82) is 0 Å². The number of carbonyl (C=O) groups excluding carboxylic acids is 2. The van der Waals surface area contributed by atoms with Crippen molar-refractivity contribution in [3.8, 4) is 11.1 Å². The van der Waals surface area contributed by atoms with Gasteiger partial charge in [0.25, 0.3) is 5.91 Å². The van der Waals surface area contributed by atoms with Crippen LogP contribution in [0.5, 0.6) is 0 Å². The second-order valence-corrected chi connectivity index (χ2v) is 7.70. The summed E-state index contributed by atoms with van der Waals surface area (Å²) in [6.45, 7) is 2.09. The summed E-state index contributed by atoms with van der Waals surface area (Å²) in [6.07, 6.45) is 1.31. The molecule has 0 unspecified atom stereocenters. The molecule has 1 fully saturated rings. The molecule has 0 aliphatic carbocycles. The van der Waals surface area contributed by atoms with Crippen LogP contribution in [-0.2, 0) is 17.8 Å². The molecular formula is C25H24N2O2. The number of aryl methyl sites for hydroxylation is 1. The smallest absolute Gasteiger partial charge is 0.323 e. The molecule has 3 aromatic carbocycles. The Morgan fingerprint density at radius 1 is 0.759 bits per heavy atom. The van der Waals surface area contributed by atoms with E-state index in [1.54, 1.807) is 0 Å². The van der Waals surface area contributed by atoms with Gasteiger partial charge < -0.3 is 5.32 Å². The SMILES string of the molecule is C[C@@]1(CCc2ccccc2)NC(=O)N(Cc2ccc(-c3ccccc3)cc2)C1=O. The van der Waals surface area contributed by atoms with Gasteiger partial charge in [-0.15, -0.1) is 0 Å². The molecule has 1 atom stereocenters. The van der Waals surface area contributed by atoms with E-state index in [9.17, 15) is 9.59 Å². The molecule has 29 heavy (non-hydrogen) atoms. The predicted molar refractivity (Wildman–Crippen MR) is 114 cm³/mol. The highest BCUT2D eigenvalue weighted by Gasteiger charge is 2.47. The van der Waals surface area contributed by atoms with Crippen molar-refractivity contribution in [2.45, 2.75) is 31.8 Å². The lowest BCUT2D eigenvalue weighted by atomic mass is 9.93. The van der Waals surface area contributed by atoms with Gasteiger partial charge in [0, 0.05) is 0 Å². The molecule has 0 spiro atoms. The largest absolute Gasteiger partial charge is 0.325 e. The van der Waals surface area contributed by atoms with E-state index in [0.29, 0.717) is 6.42 Å². The van der Waals surface area contributed by atoms with Gasteiger partial charge in [-0.1, -0.05) is 84.9 Å². The number of hydrogen-bond donors (Lipinski definition) is 1. The maximum atomic E-state index is 13.0. The Labute approximate surface area is 171 Å². The number of rotatable bonds is 6. The van der Waals surface area contributed by atoms with Crippen LogP contribution in [0.1, 0.15) is 24.5 Å². The second-order valence-electron chi connectivity index (χ2n) is 7.70. The maximum Gasteiger partial charge on any atom is 0.325 e. The zero-order chi connectivity index (χ0) is 20.3. The summed E-state index contributed by atoms with van der Waals surface area (Å²) in [5.74, 6) is -0.162. The molecular weight excluding hydrogens is 360 g/mol. The van der Waals surface area contributed by atoms with Crippen molar-refractivity contribution in [2.75, 3.05) is 0 Å². The van der Waals surface area contributed by atoms with Crippen LogP contribution < -0.4 is 5.32 Å². The van der Waals surface area contributed by atoms with E-state index in [1.807, 2.05) is 79.7 Å². The third kappa shape index (κ3) is 4.06. The molecule has 146 valence electrons. The molecule has 4 heteroatoms. The van der Waals surface area contributed by atoms with Gasteiger partial charge in [-0.2, -0.15) is 0 Å². The molecule has 3 aromatic rings. The molecule has 1 saturated heterocycles. The summed E-state index contributed by atoms with van der Waals surface area (Å²) < 4.78 is 0. The van der Waals surface area contributed by atoms with Gasteiger partial charge in [-0.3, -0.25) is 9.69 Å². The third-order valence-electron chi connectivity index (χ3n) is 5.50. The van der Waals surface area contributed by atoms with Crippen molar-refractivity contribution in [1.82, 2.24) is 10.2 Å². The van der Waals surface area contributed by atoms with E-state index >= 15 is 0 Å². The van der Waals surface area contributed by atoms with Crippen LogP contribution in [-0.4, -0.2) is 22.4 Å². The predicted octanol–water partition coefficient (Wildman–Crippen LogP) is 4.80. The molecule has 1 aliphatic heterocycles. The van der Waals surface area contributed by atoms with Gasteiger partial charge >= 0.3 is 6.03 Å². The highest BCUT2D eigenvalue weighted by atomic mass is 16.2. The Morgan fingerprint density at radius 3 is 2.00 bits per heavy atom. The van der Waals surface area contributed by atoms with Crippen molar-refractivity contribution < 1.29 is 9.59 Å². The first-order chi connectivity index (χ1) is 14.0. The van der Waals surface area contributed by atoms with Gasteiger partial charge in [0.15, 0.2) is 0 Å². The quantitative estimate of drug-likeness (QED) is 0.621. The van der Waals surface area contributed by atoms with Crippen molar-refractivity contribution in [3.05, 3.63) is 96.1 Å². The highest BCUT2D eigenvalue weighted by molar-refractivity contribution is 6.06. The van der Waals surface area contributed by atoms with Gasteiger partial charge in [0.2, 0.25) is 0 Å². The molecule has 1 N–H and O–H groups in total. The van der Waals surface area contributed by atoms with Gasteiger partial charge in [0.1, 0.15) is 5.54 Å². The Hall–Kier alpha value is -3.40. The van der Waals surface area contributed by atoms with E-state index in [0.717, 1.165) is 28.7 Å². The molecule has 0 bridgehead atoms. The molecule has 4 rings (SSSR count). The molecule has 1 aliphatic rings. The van der Waals surface area contributed by atoms with E-state index < -0.39 is 5.54 Å². The minimum absolute atomic E-state index is 0.162. The number of hydrogen-bond acceptors (Lipinski definition) is 2. The summed E-state index contributed by atoms with van der Waals surface area (Å²) in [4.78, 5) is 26.8. The summed E-state index contributed by atoms with van der Waals surface area (Å²) >= 11 is 0. The monoisotopic (exact) mass is 384 g/mol. The van der Waals surface area contributed by atoms with Crippen molar-refractivity contribution >= 4 is 11.9 Å². The lowest BCUT2D eigenvalue weighted by Crippen LogP contribution is -2.44. The Morgan fingerprint density at radius 2 is 1.34 bits per heavy atom. The minimum Gasteiger partial charge on any atom is -0.323 e. The molecule has 1 heterocycles. The van der Waals surface area contributed by atoms with Crippen LogP contribution >= 0.6 is 0 Å². The first-order valence-electron chi connectivity index (χ1n) is 9.88. The number of nitrogens with one attached hydrogen (secondary N) is 1. The van der Waals surface area contributed by atoms with Gasteiger partial charge in [-0.25, -0.2) is 4.79 Å². The third-order valence-corrected chi connectivity index (χ3v) is 5.50. The van der Waals surface area contributed by atoms with Crippen molar-refractivity contribution in [3.63, 3.8) is 0 Å². The standard InChI is InChI=1S/C25H24N2O2/c1-25(17-16-19-8-4-2-5-9-19)23(28)27(24(29)26-25)18-20-12-14-22(15-13-20)21-10-6-3-7-11-21/h2-15H,16-18H2,1H3,(H,26,29)/t25-/m0/s1. The molecule has 0 saturated carbocycles. The lowest BCUT2D eigenvalue weighted by molar-refractivity contribution is -0.131. The Balaban J connectivity index is 1.43. The Kier molecular flexibility index (Phi) is 5.17. The highest BCUT2D eigenvalue weighted by Crippen LogP contribution is 2.26. The number of nitrogens with zero attached hydrogens (tertiary/aromatic N) is 1. The van der Waals surface area contributed by atoms with E-state index in [4.69, 9.17) is 0 Å². The first kappa shape index (κ1) is 18.9. The number of amides is 3. The minimum atomic E-state index is -0.864. The number of carbonyl (C=O) groups is 2. The molecule has 0 aromatic heterocycles. The zero-order valence-corrected chi connectivity index (χ0v) is 16.5. The number of benzene rings is 3. The topological polar surface area (TPSA) is 49.4 Å². The Bertz CT molecular complexity index is 1000. The number of imide groups is 1. The van der Waals surface area contributed by atoms with Crippen molar-refractivity contribution in [2.24, 2.45) is 0 Å². The van der Waals surface area contributed by atoms with Crippen LogP contribution in [0, 0.1) is 0 Å². The van der Waals surface area contributed by atoms with E-state index in [1.165, 1.54) is 4.90 Å². The average Bonchev–Trinajstić information content (AvgIpc) is 2.97. The second kappa shape index (κ2) is 7.92. The van der Waals surface area contributed by atoms with Crippen LogP contribution in [0.15, 0.2) is 84.9 Å². The summed E-state index contributed by atoms with van der Waals surface area (Å²) in [5, 5.41) is 2.90. The van der Waals surface area contributed by atoms with E-state index in [2.05, 4.69) is 17.4 Å². The average molecular weight is 384 g/mol. The molecule has 0 radical (unpaired) electrons. The first-order valence-corrected chi connectivity index (χ1v) is 9.88. The summed E-state index contributed by atoms with van der Waals surface area (Å²) in [7, 11) is 0. The van der Waals surface area contributed by atoms with Crippen LogP contribution in [0.25, 0.3) is 11.1 Å². The van der Waals surface area contributed by atoms with Gasteiger partial charge in [-0.05, 0) is 42.0 Å². The number of urea groups is 1. The summed E-state index contributed by atoms with van der Waals surface area (Å²) in [6, 6.07) is 27.8. The fourth-order valence-corrected chi connectivity index (χ4v) is 3.71. The zero-order valence-electron chi connectivity index (χ0n) is 16.5. The van der Waals surface area contributed by atoms with Crippen LogP contribution in [0.4, 0.5) is 4.79 Å². The maximum absolute atomic E-state index is 13.0. The fraction of sp³-hybridized carbons (Fsp3) is 0.200. The molecule has 4 nitrogen and oxygen atoms in total. The van der Waals surface area contributed by atoms with Crippen LogP contribution in [0.2, 0.25) is 0 Å². The van der Waals surface area contributed by atoms with Crippen LogP contribution in [0.3, 0.4) is 0 Å². The fourth-order valence-electron chi connectivity index (χ4n) is 3.71. The normalized spacial score (nSPS) is 18.7.